The second-order valence-electron chi connectivity index (χ2n) is 9.02. The zero-order valence-corrected chi connectivity index (χ0v) is 20.0. The highest BCUT2D eigenvalue weighted by atomic mass is 16.6. The summed E-state index contributed by atoms with van der Waals surface area (Å²) in [6.07, 6.45) is 3.70. The molecule has 0 amide bonds. The number of para-hydroxylation sites is 1. The van der Waals surface area contributed by atoms with Gasteiger partial charge >= 0.3 is 0 Å². The van der Waals surface area contributed by atoms with E-state index in [9.17, 15) is 10.1 Å². The number of nitrogens with zero attached hydrogens (tertiary/aromatic N) is 8. The molecule has 0 spiro atoms. The lowest BCUT2D eigenvalue weighted by Gasteiger charge is -2.33. The van der Waals surface area contributed by atoms with Gasteiger partial charge in [-0.05, 0) is 25.2 Å². The molecule has 1 N–H and O–H groups in total. The fourth-order valence-electron chi connectivity index (χ4n) is 4.77. The molecule has 182 valence electrons. The van der Waals surface area contributed by atoms with Crippen LogP contribution in [0.4, 0.5) is 23.0 Å². The van der Waals surface area contributed by atoms with Crippen LogP contribution in [0.3, 0.4) is 0 Å². The van der Waals surface area contributed by atoms with Crippen LogP contribution < -0.4 is 10.2 Å². The normalized spacial score (nSPS) is 14.6. The summed E-state index contributed by atoms with van der Waals surface area (Å²) in [7, 11) is 4.05. The van der Waals surface area contributed by atoms with Crippen LogP contribution in [0, 0.1) is 10.1 Å². The Balaban J connectivity index is 1.39. The van der Waals surface area contributed by atoms with Crippen LogP contribution in [0.25, 0.3) is 27.9 Å². The molecule has 0 radical (unpaired) electrons. The van der Waals surface area contributed by atoms with Crippen LogP contribution in [0.1, 0.15) is 0 Å². The third-order valence-corrected chi connectivity index (χ3v) is 6.67. The van der Waals surface area contributed by atoms with Crippen LogP contribution in [0.15, 0.2) is 60.9 Å². The van der Waals surface area contributed by atoms with Gasteiger partial charge in [0.05, 0.1) is 11.1 Å². The van der Waals surface area contributed by atoms with E-state index in [1.807, 2.05) is 31.4 Å². The smallest absolute Gasteiger partial charge is 0.294 e. The second kappa shape index (κ2) is 8.61. The molecule has 11 heteroatoms. The molecule has 1 saturated heterocycles. The molecule has 1 aliphatic heterocycles. The van der Waals surface area contributed by atoms with E-state index in [4.69, 9.17) is 4.98 Å². The standard InChI is InChI=1S/C25H25N9O2/c1-30-11-13-32(14-12-30)21-8-7-17(15-22(21)34(35)36)27-25-28-23-9-10-26-33(23)24(29-25)19-16-31(2)20-6-4-3-5-18(19)20/h3-10,15-16H,11-14H2,1-2H3,(H,27,28). The molecule has 1 fully saturated rings. The van der Waals surface area contributed by atoms with E-state index in [0.717, 1.165) is 42.6 Å². The van der Waals surface area contributed by atoms with Crippen LogP contribution in [0.5, 0.6) is 0 Å². The number of hydrogen-bond acceptors (Lipinski definition) is 8. The molecule has 1 aliphatic rings. The number of benzene rings is 2. The minimum absolute atomic E-state index is 0.0595. The summed E-state index contributed by atoms with van der Waals surface area (Å²) in [5, 5.41) is 20.6. The highest BCUT2D eigenvalue weighted by Gasteiger charge is 2.23. The van der Waals surface area contributed by atoms with E-state index in [-0.39, 0.29) is 10.6 Å². The van der Waals surface area contributed by atoms with Gasteiger partial charge in [0.2, 0.25) is 5.95 Å². The van der Waals surface area contributed by atoms with E-state index in [1.54, 1.807) is 28.9 Å². The minimum Gasteiger partial charge on any atom is -0.363 e. The van der Waals surface area contributed by atoms with Gasteiger partial charge in [-0.2, -0.15) is 19.6 Å². The Kier molecular flexibility index (Phi) is 5.26. The molecule has 3 aromatic heterocycles. The molecule has 4 heterocycles. The molecule has 0 saturated carbocycles. The van der Waals surface area contributed by atoms with Crippen molar-refractivity contribution in [3.63, 3.8) is 0 Å². The maximum absolute atomic E-state index is 11.9. The van der Waals surface area contributed by atoms with Crippen molar-refractivity contribution in [2.75, 3.05) is 43.4 Å². The van der Waals surface area contributed by atoms with Gasteiger partial charge in [0.15, 0.2) is 11.5 Å². The lowest BCUT2D eigenvalue weighted by molar-refractivity contribution is -0.384. The van der Waals surface area contributed by atoms with Crippen molar-refractivity contribution >= 4 is 39.6 Å². The number of aromatic nitrogens is 5. The van der Waals surface area contributed by atoms with Gasteiger partial charge in [0.1, 0.15) is 5.69 Å². The number of anilines is 3. The van der Waals surface area contributed by atoms with Gasteiger partial charge in [-0.3, -0.25) is 10.1 Å². The average molecular weight is 484 g/mol. The molecule has 2 aromatic carbocycles. The SMILES string of the molecule is CN1CCN(c2ccc(Nc3nc(-c4cn(C)c5ccccc45)n4nccc4n3)cc2[N+](=O)[O-])CC1. The van der Waals surface area contributed by atoms with E-state index < -0.39 is 0 Å². The molecule has 11 nitrogen and oxygen atoms in total. The summed E-state index contributed by atoms with van der Waals surface area (Å²) in [6.45, 7) is 3.24. The number of fused-ring (bicyclic) bond motifs is 2. The van der Waals surface area contributed by atoms with E-state index in [0.29, 0.717) is 28.8 Å². The Morgan fingerprint density at radius 3 is 2.61 bits per heavy atom. The average Bonchev–Trinajstić information content (AvgIpc) is 3.49. The summed E-state index contributed by atoms with van der Waals surface area (Å²) in [4.78, 5) is 25.2. The van der Waals surface area contributed by atoms with Gasteiger partial charge in [-0.1, -0.05) is 18.2 Å². The van der Waals surface area contributed by atoms with Crippen molar-refractivity contribution in [1.82, 2.24) is 29.0 Å². The van der Waals surface area contributed by atoms with Crippen molar-refractivity contribution in [3.05, 3.63) is 71.0 Å². The molecule has 36 heavy (non-hydrogen) atoms. The Morgan fingerprint density at radius 2 is 1.81 bits per heavy atom. The molecule has 0 unspecified atom stereocenters. The fourth-order valence-corrected chi connectivity index (χ4v) is 4.77. The molecule has 5 aromatic rings. The number of likely N-dealkylation sites (N-methyl/N-ethyl adjacent to an activating group) is 1. The highest BCUT2D eigenvalue weighted by molar-refractivity contribution is 5.94. The first-order chi connectivity index (χ1) is 17.5. The first-order valence-electron chi connectivity index (χ1n) is 11.7. The number of hydrogen-bond donors (Lipinski definition) is 1. The van der Waals surface area contributed by atoms with Gasteiger partial charge in [-0.25, -0.2) is 0 Å². The number of nitrogens with one attached hydrogen (secondary N) is 1. The largest absolute Gasteiger partial charge is 0.363 e. The monoisotopic (exact) mass is 483 g/mol. The van der Waals surface area contributed by atoms with Crippen LogP contribution >= 0.6 is 0 Å². The molecular formula is C25H25N9O2. The van der Waals surface area contributed by atoms with Crippen molar-refractivity contribution in [3.8, 4) is 11.4 Å². The lowest BCUT2D eigenvalue weighted by Crippen LogP contribution is -2.44. The Hall–Kier alpha value is -4.51. The van der Waals surface area contributed by atoms with Crippen molar-refractivity contribution in [2.45, 2.75) is 0 Å². The van der Waals surface area contributed by atoms with Crippen LogP contribution in [-0.4, -0.2) is 67.2 Å². The number of nitro benzene ring substituents is 1. The van der Waals surface area contributed by atoms with E-state index in [2.05, 4.69) is 48.9 Å². The van der Waals surface area contributed by atoms with Crippen molar-refractivity contribution in [1.29, 1.82) is 0 Å². The zero-order valence-electron chi connectivity index (χ0n) is 20.0. The number of rotatable bonds is 5. The fraction of sp³-hybridized carbons (Fsp3) is 0.240. The summed E-state index contributed by atoms with van der Waals surface area (Å²) in [6, 6.07) is 15.1. The maximum atomic E-state index is 11.9. The Bertz CT molecular complexity index is 1600. The number of piperazine rings is 1. The summed E-state index contributed by atoms with van der Waals surface area (Å²) < 4.78 is 3.75. The number of nitro groups is 1. The van der Waals surface area contributed by atoms with Gasteiger partial charge in [0, 0.05) is 73.7 Å². The number of aryl methyl sites for hydroxylation is 1. The zero-order chi connectivity index (χ0) is 24.8. The van der Waals surface area contributed by atoms with E-state index in [1.165, 1.54) is 0 Å². The predicted octanol–water partition coefficient (Wildman–Crippen LogP) is 3.69. The topological polar surface area (TPSA) is 110 Å². The first kappa shape index (κ1) is 22.0. The summed E-state index contributed by atoms with van der Waals surface area (Å²) in [5.74, 6) is 0.973. The summed E-state index contributed by atoms with van der Waals surface area (Å²) in [5.41, 5.74) is 3.86. The maximum Gasteiger partial charge on any atom is 0.294 e. The first-order valence-corrected chi connectivity index (χ1v) is 11.7. The van der Waals surface area contributed by atoms with Crippen molar-refractivity contribution < 1.29 is 4.92 Å². The van der Waals surface area contributed by atoms with Gasteiger partial charge in [0.25, 0.3) is 5.69 Å². The van der Waals surface area contributed by atoms with Crippen LogP contribution in [0.2, 0.25) is 0 Å². The molecule has 0 bridgehead atoms. The van der Waals surface area contributed by atoms with Gasteiger partial charge in [-0.15, -0.1) is 0 Å². The highest BCUT2D eigenvalue weighted by Crippen LogP contribution is 2.34. The molecule has 0 aliphatic carbocycles. The van der Waals surface area contributed by atoms with Crippen molar-refractivity contribution in [2.24, 2.45) is 7.05 Å². The third kappa shape index (κ3) is 3.79. The molecule has 6 rings (SSSR count). The Labute approximate surface area is 206 Å². The third-order valence-electron chi connectivity index (χ3n) is 6.67. The second-order valence-corrected chi connectivity index (χ2v) is 9.02. The lowest BCUT2D eigenvalue weighted by atomic mass is 10.1. The minimum atomic E-state index is -0.332. The predicted molar refractivity (Wildman–Crippen MR) is 139 cm³/mol. The Morgan fingerprint density at radius 1 is 1.00 bits per heavy atom. The van der Waals surface area contributed by atoms with E-state index >= 15 is 0 Å². The molecule has 0 atom stereocenters. The quantitative estimate of drug-likeness (QED) is 0.298. The van der Waals surface area contributed by atoms with Crippen LogP contribution in [-0.2, 0) is 7.05 Å². The summed E-state index contributed by atoms with van der Waals surface area (Å²) >= 11 is 0. The molecular weight excluding hydrogens is 458 g/mol. The van der Waals surface area contributed by atoms with Gasteiger partial charge < -0.3 is 19.7 Å².